The van der Waals surface area contributed by atoms with Crippen LogP contribution in [0.25, 0.3) is 0 Å². The van der Waals surface area contributed by atoms with E-state index in [0.29, 0.717) is 4.90 Å². The maximum Gasteiger partial charge on any atom is 0.271 e. The Morgan fingerprint density at radius 1 is 1.26 bits per heavy atom. The van der Waals surface area contributed by atoms with Crippen LogP contribution in [0.5, 0.6) is 0 Å². The van der Waals surface area contributed by atoms with E-state index in [9.17, 15) is 14.4 Å². The number of amides is 3. The zero-order valence-corrected chi connectivity index (χ0v) is 9.58. The minimum atomic E-state index is -0.723. The second-order valence-corrected chi connectivity index (χ2v) is 4.01. The van der Waals surface area contributed by atoms with Gasteiger partial charge >= 0.3 is 0 Å². The summed E-state index contributed by atoms with van der Waals surface area (Å²) in [5.74, 6) is -2.10. The normalized spacial score (nSPS) is 13.8. The number of hydrogen-bond acceptors (Lipinski definition) is 5. The number of nitrogen functional groups attached to an aromatic ring is 1. The van der Waals surface area contributed by atoms with Crippen molar-refractivity contribution in [2.75, 3.05) is 5.73 Å². The van der Waals surface area contributed by atoms with Gasteiger partial charge in [-0.05, 0) is 12.1 Å². The smallest absolute Gasteiger partial charge is 0.271 e. The maximum absolute atomic E-state index is 12.1. The Morgan fingerprint density at radius 2 is 2.05 bits per heavy atom. The first kappa shape index (κ1) is 11.1. The molecule has 0 radical (unpaired) electrons. The molecular weight excluding hydrogens is 248 g/mol. The van der Waals surface area contributed by atoms with E-state index >= 15 is 0 Å². The number of hydrogen-bond donors (Lipinski definition) is 2. The van der Waals surface area contributed by atoms with E-state index in [2.05, 4.69) is 10.2 Å². The predicted molar refractivity (Wildman–Crippen MR) is 64.3 cm³/mol. The fourth-order valence-electron chi connectivity index (χ4n) is 1.99. The SMILES string of the molecule is Nc1cccc2c1C(=O)N(C(=O)c1cn[nH]c1)C2=O. The summed E-state index contributed by atoms with van der Waals surface area (Å²) in [4.78, 5) is 36.9. The third kappa shape index (κ3) is 1.45. The average molecular weight is 256 g/mol. The molecule has 0 spiro atoms. The number of fused-ring (bicyclic) bond motifs is 1. The number of nitrogens with one attached hydrogen (secondary N) is 1. The number of nitrogens with two attached hydrogens (primary N) is 1. The molecule has 3 rings (SSSR count). The van der Waals surface area contributed by atoms with E-state index < -0.39 is 17.7 Å². The van der Waals surface area contributed by atoms with E-state index in [1.54, 1.807) is 6.07 Å². The first-order valence-electron chi connectivity index (χ1n) is 5.41. The molecule has 19 heavy (non-hydrogen) atoms. The summed E-state index contributed by atoms with van der Waals surface area (Å²) in [6.45, 7) is 0. The molecule has 0 fully saturated rings. The standard InChI is InChI=1S/C12H8N4O3/c13-8-3-1-2-7-9(8)12(19)16(11(7)18)10(17)6-4-14-15-5-6/h1-5H,13H2,(H,14,15). The summed E-state index contributed by atoms with van der Waals surface area (Å²) in [6, 6.07) is 4.54. The Kier molecular flexibility index (Phi) is 2.21. The van der Waals surface area contributed by atoms with Crippen molar-refractivity contribution in [3.63, 3.8) is 0 Å². The zero-order chi connectivity index (χ0) is 13.6. The molecule has 0 saturated carbocycles. The van der Waals surface area contributed by atoms with E-state index in [-0.39, 0.29) is 22.4 Å². The molecule has 1 aromatic carbocycles. The van der Waals surface area contributed by atoms with Crippen molar-refractivity contribution < 1.29 is 14.4 Å². The minimum Gasteiger partial charge on any atom is -0.398 e. The minimum absolute atomic E-state index is 0.0735. The second kappa shape index (κ2) is 3.77. The van der Waals surface area contributed by atoms with Gasteiger partial charge in [0.05, 0.1) is 22.9 Å². The van der Waals surface area contributed by atoms with E-state index in [1.165, 1.54) is 24.5 Å². The number of anilines is 1. The Labute approximate surface area is 107 Å². The Hall–Kier alpha value is -2.96. The quantitative estimate of drug-likeness (QED) is 0.568. The molecule has 1 aromatic heterocycles. The third-order valence-electron chi connectivity index (χ3n) is 2.90. The lowest BCUT2D eigenvalue weighted by Gasteiger charge is -2.09. The van der Waals surface area contributed by atoms with Gasteiger partial charge in [-0.15, -0.1) is 0 Å². The lowest BCUT2D eigenvalue weighted by atomic mass is 10.1. The number of aromatic amines is 1. The fraction of sp³-hybridized carbons (Fsp3) is 0. The van der Waals surface area contributed by atoms with Gasteiger partial charge in [0, 0.05) is 11.9 Å². The highest BCUT2D eigenvalue weighted by Crippen LogP contribution is 2.28. The Balaban J connectivity index is 2.09. The van der Waals surface area contributed by atoms with Crippen LogP contribution in [0, 0.1) is 0 Å². The lowest BCUT2D eigenvalue weighted by Crippen LogP contribution is -2.36. The lowest BCUT2D eigenvalue weighted by molar-refractivity contribution is 0.0566. The highest BCUT2D eigenvalue weighted by atomic mass is 16.2. The van der Waals surface area contributed by atoms with Gasteiger partial charge in [0.2, 0.25) is 0 Å². The Bertz CT molecular complexity index is 706. The highest BCUT2D eigenvalue weighted by molar-refractivity contribution is 6.32. The number of carbonyl (C=O) groups excluding carboxylic acids is 3. The number of imide groups is 3. The zero-order valence-electron chi connectivity index (χ0n) is 9.58. The van der Waals surface area contributed by atoms with Gasteiger partial charge < -0.3 is 5.73 Å². The van der Waals surface area contributed by atoms with Gasteiger partial charge in [-0.25, -0.2) is 4.90 Å². The van der Waals surface area contributed by atoms with E-state index in [4.69, 9.17) is 5.73 Å². The van der Waals surface area contributed by atoms with Crippen molar-refractivity contribution in [1.29, 1.82) is 0 Å². The van der Waals surface area contributed by atoms with E-state index in [1.807, 2.05) is 0 Å². The highest BCUT2D eigenvalue weighted by Gasteiger charge is 2.41. The molecule has 1 aliphatic rings. The third-order valence-corrected chi connectivity index (χ3v) is 2.90. The van der Waals surface area contributed by atoms with Crippen LogP contribution in [0.15, 0.2) is 30.6 Å². The molecule has 0 atom stereocenters. The summed E-state index contributed by atoms with van der Waals surface area (Å²) in [6.07, 6.45) is 2.56. The first-order valence-corrected chi connectivity index (χ1v) is 5.41. The number of rotatable bonds is 1. The largest absolute Gasteiger partial charge is 0.398 e. The number of carbonyl (C=O) groups is 3. The molecule has 94 valence electrons. The van der Waals surface area contributed by atoms with Crippen molar-refractivity contribution >= 4 is 23.4 Å². The van der Waals surface area contributed by atoms with Gasteiger partial charge in [0.25, 0.3) is 17.7 Å². The molecule has 0 unspecified atom stereocenters. The van der Waals surface area contributed by atoms with E-state index in [0.717, 1.165) is 0 Å². The van der Waals surface area contributed by atoms with Crippen LogP contribution in [0.2, 0.25) is 0 Å². The van der Waals surface area contributed by atoms with Crippen LogP contribution >= 0.6 is 0 Å². The molecule has 1 aliphatic heterocycles. The van der Waals surface area contributed by atoms with Crippen molar-refractivity contribution in [3.8, 4) is 0 Å². The molecule has 7 heteroatoms. The maximum atomic E-state index is 12.1. The molecule has 3 amide bonds. The monoisotopic (exact) mass is 256 g/mol. The molecule has 0 aliphatic carbocycles. The summed E-state index contributed by atoms with van der Waals surface area (Å²) in [5.41, 5.74) is 6.20. The number of aromatic nitrogens is 2. The molecule has 2 heterocycles. The molecule has 2 aromatic rings. The van der Waals surface area contributed by atoms with Crippen LogP contribution < -0.4 is 5.73 Å². The van der Waals surface area contributed by atoms with Gasteiger partial charge in [-0.1, -0.05) is 6.07 Å². The number of H-pyrrole nitrogens is 1. The number of nitrogens with zero attached hydrogens (tertiary/aromatic N) is 2. The van der Waals surface area contributed by atoms with Crippen LogP contribution in [0.4, 0.5) is 5.69 Å². The van der Waals surface area contributed by atoms with Crippen LogP contribution in [-0.4, -0.2) is 32.8 Å². The van der Waals surface area contributed by atoms with Crippen LogP contribution in [0.1, 0.15) is 31.1 Å². The molecular formula is C12H8N4O3. The van der Waals surface area contributed by atoms with Gasteiger partial charge in [0.15, 0.2) is 0 Å². The van der Waals surface area contributed by atoms with Crippen molar-refractivity contribution in [2.24, 2.45) is 0 Å². The predicted octanol–water partition coefficient (Wildman–Crippen LogP) is 0.428. The molecule has 7 nitrogen and oxygen atoms in total. The van der Waals surface area contributed by atoms with Crippen molar-refractivity contribution in [1.82, 2.24) is 15.1 Å². The van der Waals surface area contributed by atoms with Gasteiger partial charge in [0.1, 0.15) is 0 Å². The molecule has 0 saturated heterocycles. The number of benzene rings is 1. The van der Waals surface area contributed by atoms with Gasteiger partial charge in [-0.3, -0.25) is 19.5 Å². The molecule has 0 bridgehead atoms. The Morgan fingerprint density at radius 3 is 2.68 bits per heavy atom. The summed E-state index contributed by atoms with van der Waals surface area (Å²) in [7, 11) is 0. The average Bonchev–Trinajstić information content (AvgIpc) is 2.98. The first-order chi connectivity index (χ1) is 9.11. The second-order valence-electron chi connectivity index (χ2n) is 4.01. The van der Waals surface area contributed by atoms with Crippen LogP contribution in [0.3, 0.4) is 0 Å². The van der Waals surface area contributed by atoms with Crippen LogP contribution in [-0.2, 0) is 0 Å². The fourth-order valence-corrected chi connectivity index (χ4v) is 1.99. The topological polar surface area (TPSA) is 109 Å². The summed E-state index contributed by atoms with van der Waals surface area (Å²) < 4.78 is 0. The summed E-state index contributed by atoms with van der Waals surface area (Å²) >= 11 is 0. The molecule has 3 N–H and O–H groups in total. The van der Waals surface area contributed by atoms with Gasteiger partial charge in [-0.2, -0.15) is 5.10 Å². The van der Waals surface area contributed by atoms with Crippen molar-refractivity contribution in [2.45, 2.75) is 0 Å². The van der Waals surface area contributed by atoms with Crippen molar-refractivity contribution in [3.05, 3.63) is 47.3 Å². The summed E-state index contributed by atoms with van der Waals surface area (Å²) in [5, 5.41) is 6.06.